The zero-order valence-electron chi connectivity index (χ0n) is 24.2. The molecule has 4 heteroatoms. The summed E-state index contributed by atoms with van der Waals surface area (Å²) in [6.07, 6.45) is 22.7. The van der Waals surface area contributed by atoms with E-state index in [1.807, 2.05) is 30.3 Å². The van der Waals surface area contributed by atoms with Crippen LogP contribution in [-0.2, 0) is 25.7 Å². The number of carbonyl (C=O) groups excluding carboxylic acids is 2. The fraction of sp³-hybridized carbons (Fsp3) is 0.636. The Hall–Kier alpha value is -2.36. The molecule has 0 amide bonds. The van der Waals surface area contributed by atoms with Crippen LogP contribution in [0.2, 0.25) is 0 Å². The van der Waals surface area contributed by atoms with Gasteiger partial charge in [0.25, 0.3) is 0 Å². The average molecular weight is 515 g/mol. The summed E-state index contributed by atoms with van der Waals surface area (Å²) in [6.45, 7) is 11.5. The molecule has 1 rings (SSSR count). The summed E-state index contributed by atoms with van der Waals surface area (Å²) < 4.78 is 9.60. The SMILES string of the molecule is C=C(C)C(=O)OCc1ccccc1.C=C(CCCCCCCCCCCCCCCCCC)C(=O)OC. The lowest BCUT2D eigenvalue weighted by Crippen LogP contribution is -2.04. The second-order valence-corrected chi connectivity index (χ2v) is 9.99. The van der Waals surface area contributed by atoms with Crippen molar-refractivity contribution in [2.75, 3.05) is 7.11 Å². The molecule has 0 spiro atoms. The smallest absolute Gasteiger partial charge is 0.333 e. The Kier molecular flexibility index (Phi) is 23.7. The van der Waals surface area contributed by atoms with E-state index in [1.54, 1.807) is 6.92 Å². The van der Waals surface area contributed by atoms with Gasteiger partial charge in [-0.25, -0.2) is 9.59 Å². The number of esters is 2. The highest BCUT2D eigenvalue weighted by atomic mass is 16.5. The van der Waals surface area contributed by atoms with Gasteiger partial charge in [-0.3, -0.25) is 0 Å². The van der Waals surface area contributed by atoms with Crippen LogP contribution < -0.4 is 0 Å². The molecule has 0 aliphatic rings. The minimum atomic E-state index is -0.344. The van der Waals surface area contributed by atoms with E-state index in [1.165, 1.54) is 103 Å². The Morgan fingerprint density at radius 1 is 0.676 bits per heavy atom. The van der Waals surface area contributed by atoms with E-state index in [0.29, 0.717) is 17.8 Å². The van der Waals surface area contributed by atoms with Gasteiger partial charge >= 0.3 is 11.9 Å². The number of methoxy groups -OCH3 is 1. The third-order valence-corrected chi connectivity index (χ3v) is 6.37. The van der Waals surface area contributed by atoms with Gasteiger partial charge in [-0.2, -0.15) is 0 Å². The minimum Gasteiger partial charge on any atom is -0.466 e. The van der Waals surface area contributed by atoms with Gasteiger partial charge in [0.2, 0.25) is 0 Å². The van der Waals surface area contributed by atoms with Crippen LogP contribution in [0.1, 0.15) is 129 Å². The van der Waals surface area contributed by atoms with E-state index < -0.39 is 0 Å². The molecule has 0 aliphatic heterocycles. The maximum Gasteiger partial charge on any atom is 0.333 e. The normalized spacial score (nSPS) is 10.2. The lowest BCUT2D eigenvalue weighted by Gasteiger charge is -2.04. The van der Waals surface area contributed by atoms with Crippen LogP contribution in [0, 0.1) is 0 Å². The number of benzene rings is 1. The van der Waals surface area contributed by atoms with Crippen molar-refractivity contribution in [1.82, 2.24) is 0 Å². The van der Waals surface area contributed by atoms with Crippen LogP contribution >= 0.6 is 0 Å². The van der Waals surface area contributed by atoms with E-state index in [9.17, 15) is 9.59 Å². The van der Waals surface area contributed by atoms with Gasteiger partial charge in [-0.1, -0.05) is 147 Å². The molecule has 0 heterocycles. The number of carbonyl (C=O) groups is 2. The predicted octanol–water partition coefficient (Wildman–Crippen LogP) is 9.67. The zero-order valence-corrected chi connectivity index (χ0v) is 24.2. The molecule has 0 radical (unpaired) electrons. The van der Waals surface area contributed by atoms with Crippen LogP contribution in [-0.4, -0.2) is 19.0 Å². The molecule has 0 N–H and O–H groups in total. The molecule has 0 fully saturated rings. The van der Waals surface area contributed by atoms with E-state index in [-0.39, 0.29) is 11.9 Å². The van der Waals surface area contributed by atoms with Crippen LogP contribution in [0.3, 0.4) is 0 Å². The van der Waals surface area contributed by atoms with Crippen molar-refractivity contribution in [2.24, 2.45) is 0 Å². The first-order valence-electron chi connectivity index (χ1n) is 14.5. The summed E-state index contributed by atoms with van der Waals surface area (Å²) in [7, 11) is 1.42. The van der Waals surface area contributed by atoms with Gasteiger partial charge in [-0.05, 0) is 25.3 Å². The van der Waals surface area contributed by atoms with Gasteiger partial charge in [0.15, 0.2) is 0 Å². The zero-order chi connectivity index (χ0) is 27.6. The standard InChI is InChI=1S/C22H42O2.C11H12O2/c1-4-5-6-7-8-9-10-11-12-13-14-15-16-17-18-19-20-21(2)22(23)24-3;1-9(2)11(12)13-8-10-6-4-3-5-7-10/h2,4-20H2,1,3H3;3-7H,1,8H2,2H3. The molecule has 0 unspecified atom stereocenters. The van der Waals surface area contributed by atoms with Crippen LogP contribution in [0.15, 0.2) is 54.6 Å². The predicted molar refractivity (Wildman–Crippen MR) is 156 cm³/mol. The number of rotatable bonds is 21. The summed E-state index contributed by atoms with van der Waals surface area (Å²) in [5.74, 6) is -0.597. The van der Waals surface area contributed by atoms with Crippen molar-refractivity contribution in [3.05, 3.63) is 60.2 Å². The summed E-state index contributed by atoms with van der Waals surface area (Å²) >= 11 is 0. The summed E-state index contributed by atoms with van der Waals surface area (Å²) in [5, 5.41) is 0. The van der Waals surface area contributed by atoms with E-state index >= 15 is 0 Å². The fourth-order valence-electron chi connectivity index (χ4n) is 3.98. The lowest BCUT2D eigenvalue weighted by atomic mass is 10.0. The third-order valence-electron chi connectivity index (χ3n) is 6.37. The van der Waals surface area contributed by atoms with Crippen molar-refractivity contribution in [3.63, 3.8) is 0 Å². The summed E-state index contributed by atoms with van der Waals surface area (Å²) in [6, 6.07) is 9.55. The first-order chi connectivity index (χ1) is 17.9. The molecular formula is C33H54O4. The van der Waals surface area contributed by atoms with E-state index in [0.717, 1.165) is 18.4 Å². The molecule has 1 aromatic carbocycles. The Labute approximate surface area is 227 Å². The highest BCUT2D eigenvalue weighted by Gasteiger charge is 2.05. The maximum absolute atomic E-state index is 11.2. The molecule has 37 heavy (non-hydrogen) atoms. The molecular weight excluding hydrogens is 460 g/mol. The topological polar surface area (TPSA) is 52.6 Å². The molecule has 0 saturated heterocycles. The second-order valence-electron chi connectivity index (χ2n) is 9.99. The number of hydrogen-bond donors (Lipinski definition) is 0. The molecule has 4 nitrogen and oxygen atoms in total. The number of unbranched alkanes of at least 4 members (excludes halogenated alkanes) is 15. The first kappa shape index (κ1) is 34.6. The van der Waals surface area contributed by atoms with E-state index in [2.05, 4.69) is 24.8 Å². The Balaban J connectivity index is 0.000000832. The monoisotopic (exact) mass is 514 g/mol. The summed E-state index contributed by atoms with van der Waals surface area (Å²) in [4.78, 5) is 22.2. The van der Waals surface area contributed by atoms with Crippen molar-refractivity contribution in [3.8, 4) is 0 Å². The van der Waals surface area contributed by atoms with Gasteiger partial charge in [0, 0.05) is 11.1 Å². The van der Waals surface area contributed by atoms with Crippen LogP contribution in [0.4, 0.5) is 0 Å². The Morgan fingerprint density at radius 3 is 1.51 bits per heavy atom. The molecule has 0 aromatic heterocycles. The molecule has 1 aromatic rings. The number of ether oxygens (including phenoxy) is 2. The maximum atomic E-state index is 11.2. The van der Waals surface area contributed by atoms with Gasteiger partial charge < -0.3 is 9.47 Å². The quantitative estimate of drug-likeness (QED) is 0.0930. The third kappa shape index (κ3) is 22.6. The molecule has 0 aliphatic carbocycles. The molecule has 0 atom stereocenters. The first-order valence-corrected chi connectivity index (χ1v) is 14.5. The van der Waals surface area contributed by atoms with Gasteiger partial charge in [0.1, 0.15) is 6.61 Å². The Morgan fingerprint density at radius 2 is 1.11 bits per heavy atom. The second kappa shape index (κ2) is 25.3. The summed E-state index contributed by atoms with van der Waals surface area (Å²) in [5.41, 5.74) is 2.02. The Bertz CT molecular complexity index is 723. The van der Waals surface area contributed by atoms with E-state index in [4.69, 9.17) is 4.74 Å². The largest absolute Gasteiger partial charge is 0.466 e. The average Bonchev–Trinajstić information content (AvgIpc) is 2.91. The van der Waals surface area contributed by atoms with Crippen molar-refractivity contribution in [1.29, 1.82) is 0 Å². The molecule has 0 bridgehead atoms. The molecule has 0 saturated carbocycles. The molecule has 210 valence electrons. The fourth-order valence-corrected chi connectivity index (χ4v) is 3.98. The highest BCUT2D eigenvalue weighted by molar-refractivity contribution is 5.87. The van der Waals surface area contributed by atoms with Crippen LogP contribution in [0.25, 0.3) is 0 Å². The van der Waals surface area contributed by atoms with Crippen molar-refractivity contribution < 1.29 is 19.1 Å². The van der Waals surface area contributed by atoms with Gasteiger partial charge in [0.05, 0.1) is 7.11 Å². The lowest BCUT2D eigenvalue weighted by molar-refractivity contribution is -0.140. The highest BCUT2D eigenvalue weighted by Crippen LogP contribution is 2.15. The number of hydrogen-bond acceptors (Lipinski definition) is 4. The van der Waals surface area contributed by atoms with Crippen molar-refractivity contribution in [2.45, 2.75) is 130 Å². The van der Waals surface area contributed by atoms with Crippen molar-refractivity contribution >= 4 is 11.9 Å². The van der Waals surface area contributed by atoms with Crippen LogP contribution in [0.5, 0.6) is 0 Å². The minimum absolute atomic E-state index is 0.254. The van der Waals surface area contributed by atoms with Gasteiger partial charge in [-0.15, -0.1) is 0 Å².